The number of ether oxygens (including phenoxy) is 1. The van der Waals surface area contributed by atoms with E-state index in [0.29, 0.717) is 5.56 Å². The summed E-state index contributed by atoms with van der Waals surface area (Å²) >= 11 is 5.11. The van der Waals surface area contributed by atoms with E-state index in [9.17, 15) is 4.79 Å². The van der Waals surface area contributed by atoms with Gasteiger partial charge < -0.3 is 4.74 Å². The Kier molecular flexibility index (Phi) is 6.57. The van der Waals surface area contributed by atoms with Crippen molar-refractivity contribution in [2.75, 3.05) is 18.2 Å². The number of benzene rings is 1. The average molecular weight is 303 g/mol. The highest BCUT2D eigenvalue weighted by Gasteiger charge is 2.10. The maximum atomic E-state index is 11.5. The molecule has 0 fully saturated rings. The van der Waals surface area contributed by atoms with Crippen LogP contribution in [0.2, 0.25) is 0 Å². The molecule has 0 atom stereocenters. The average Bonchev–Trinajstić information content (AvgIpc) is 2.34. The monoisotopic (exact) mass is 302 g/mol. The van der Waals surface area contributed by atoms with Crippen LogP contribution in [0.25, 0.3) is 0 Å². The molecule has 1 aromatic carbocycles. The molecule has 88 valence electrons. The molecule has 0 spiro atoms. The zero-order valence-electron chi connectivity index (χ0n) is 9.24. The van der Waals surface area contributed by atoms with E-state index in [-0.39, 0.29) is 5.97 Å². The van der Waals surface area contributed by atoms with Crippen LogP contribution in [0.5, 0.6) is 0 Å². The van der Waals surface area contributed by atoms with Crippen molar-refractivity contribution >= 4 is 33.7 Å². The van der Waals surface area contributed by atoms with Gasteiger partial charge in [0.05, 0.1) is 12.7 Å². The van der Waals surface area contributed by atoms with E-state index in [1.165, 1.54) is 7.11 Å². The first kappa shape index (κ1) is 13.6. The molecular weight excluding hydrogens is 288 g/mol. The molecule has 0 unspecified atom stereocenters. The van der Waals surface area contributed by atoms with Crippen molar-refractivity contribution in [3.05, 3.63) is 29.8 Å². The van der Waals surface area contributed by atoms with Crippen LogP contribution >= 0.6 is 27.7 Å². The van der Waals surface area contributed by atoms with Crippen LogP contribution in [0.4, 0.5) is 0 Å². The largest absolute Gasteiger partial charge is 0.465 e. The summed E-state index contributed by atoms with van der Waals surface area (Å²) in [5.74, 6) is 0.767. The summed E-state index contributed by atoms with van der Waals surface area (Å²) < 4.78 is 4.74. The highest BCUT2D eigenvalue weighted by molar-refractivity contribution is 9.09. The first-order valence-electron chi connectivity index (χ1n) is 5.15. The van der Waals surface area contributed by atoms with Gasteiger partial charge in [-0.25, -0.2) is 4.79 Å². The summed E-state index contributed by atoms with van der Waals surface area (Å²) in [6.07, 6.45) is 2.30. The number of thioether (sulfide) groups is 1. The number of methoxy groups -OCH3 is 1. The third-order valence-electron chi connectivity index (χ3n) is 2.08. The Morgan fingerprint density at radius 1 is 1.38 bits per heavy atom. The van der Waals surface area contributed by atoms with E-state index < -0.39 is 0 Å². The second kappa shape index (κ2) is 7.74. The van der Waals surface area contributed by atoms with E-state index in [1.54, 1.807) is 17.8 Å². The van der Waals surface area contributed by atoms with Gasteiger partial charge in [0, 0.05) is 10.2 Å². The summed E-state index contributed by atoms with van der Waals surface area (Å²) in [4.78, 5) is 12.5. The molecule has 4 heteroatoms. The lowest BCUT2D eigenvalue weighted by molar-refractivity contribution is 0.0597. The number of hydrogen-bond acceptors (Lipinski definition) is 3. The molecule has 1 rings (SSSR count). The van der Waals surface area contributed by atoms with Crippen LogP contribution in [0.1, 0.15) is 23.2 Å². The lowest BCUT2D eigenvalue weighted by Crippen LogP contribution is -2.02. The van der Waals surface area contributed by atoms with Gasteiger partial charge in [-0.1, -0.05) is 28.1 Å². The molecule has 16 heavy (non-hydrogen) atoms. The molecule has 0 aliphatic carbocycles. The minimum absolute atomic E-state index is 0.261. The molecular formula is C12H15BrO2S. The minimum atomic E-state index is -0.261. The van der Waals surface area contributed by atoms with Crippen molar-refractivity contribution in [3.8, 4) is 0 Å². The number of rotatable bonds is 6. The highest BCUT2D eigenvalue weighted by Crippen LogP contribution is 2.24. The Balaban J connectivity index is 2.60. The van der Waals surface area contributed by atoms with Crippen LogP contribution in [0.15, 0.2) is 29.2 Å². The fraction of sp³-hybridized carbons (Fsp3) is 0.417. The molecule has 0 aliphatic heterocycles. The zero-order valence-corrected chi connectivity index (χ0v) is 11.6. The van der Waals surface area contributed by atoms with Crippen LogP contribution in [0.3, 0.4) is 0 Å². The van der Waals surface area contributed by atoms with E-state index in [4.69, 9.17) is 4.74 Å². The highest BCUT2D eigenvalue weighted by atomic mass is 79.9. The summed E-state index contributed by atoms with van der Waals surface area (Å²) in [5.41, 5.74) is 0.661. The molecule has 1 aromatic rings. The Morgan fingerprint density at radius 2 is 2.12 bits per heavy atom. The SMILES string of the molecule is COC(=O)c1ccccc1SCCCCBr. The predicted octanol–water partition coefficient (Wildman–Crippen LogP) is 3.74. The first-order chi connectivity index (χ1) is 7.79. The van der Waals surface area contributed by atoms with E-state index >= 15 is 0 Å². The number of carbonyl (C=O) groups excluding carboxylic acids is 1. The standard InChI is InChI=1S/C12H15BrO2S/c1-15-12(14)10-6-2-3-7-11(10)16-9-5-4-8-13/h2-3,6-7H,4-5,8-9H2,1H3. The number of halogens is 1. The number of carbonyl (C=O) groups is 1. The maximum Gasteiger partial charge on any atom is 0.338 e. The van der Waals surface area contributed by atoms with Crippen molar-refractivity contribution in [1.29, 1.82) is 0 Å². The van der Waals surface area contributed by atoms with Crippen LogP contribution < -0.4 is 0 Å². The Morgan fingerprint density at radius 3 is 2.81 bits per heavy atom. The number of esters is 1. The molecule has 0 aliphatic rings. The fourth-order valence-corrected chi connectivity index (χ4v) is 2.70. The third kappa shape index (κ3) is 4.18. The van der Waals surface area contributed by atoms with Gasteiger partial charge in [0.2, 0.25) is 0 Å². The third-order valence-corrected chi connectivity index (χ3v) is 3.80. The molecule has 0 radical (unpaired) electrons. The second-order valence-electron chi connectivity index (χ2n) is 3.23. The molecule has 0 N–H and O–H groups in total. The number of alkyl halides is 1. The lowest BCUT2D eigenvalue weighted by Gasteiger charge is -2.06. The Bertz CT molecular complexity index is 342. The summed E-state index contributed by atoms with van der Waals surface area (Å²) in [6, 6.07) is 7.57. The summed E-state index contributed by atoms with van der Waals surface area (Å²) in [6.45, 7) is 0. The number of unbranched alkanes of at least 4 members (excludes halogenated alkanes) is 1. The molecule has 0 saturated heterocycles. The Hall–Kier alpha value is -0.480. The minimum Gasteiger partial charge on any atom is -0.465 e. The second-order valence-corrected chi connectivity index (χ2v) is 5.16. The summed E-state index contributed by atoms with van der Waals surface area (Å²) in [5, 5.41) is 1.03. The molecule has 0 amide bonds. The molecule has 2 nitrogen and oxygen atoms in total. The first-order valence-corrected chi connectivity index (χ1v) is 7.26. The van der Waals surface area contributed by atoms with Crippen LogP contribution in [-0.4, -0.2) is 24.2 Å². The molecule has 0 heterocycles. The van der Waals surface area contributed by atoms with Gasteiger partial charge in [-0.3, -0.25) is 0 Å². The predicted molar refractivity (Wildman–Crippen MR) is 71.5 cm³/mol. The van der Waals surface area contributed by atoms with Gasteiger partial charge in [-0.15, -0.1) is 11.8 Å². The maximum absolute atomic E-state index is 11.5. The van der Waals surface area contributed by atoms with Crippen molar-refractivity contribution in [2.24, 2.45) is 0 Å². The zero-order chi connectivity index (χ0) is 11.8. The van der Waals surface area contributed by atoms with Crippen molar-refractivity contribution in [3.63, 3.8) is 0 Å². The topological polar surface area (TPSA) is 26.3 Å². The van der Waals surface area contributed by atoms with Crippen LogP contribution in [0, 0.1) is 0 Å². The smallest absolute Gasteiger partial charge is 0.338 e. The van der Waals surface area contributed by atoms with Gasteiger partial charge in [0.25, 0.3) is 0 Å². The van der Waals surface area contributed by atoms with Crippen molar-refractivity contribution < 1.29 is 9.53 Å². The van der Waals surface area contributed by atoms with Gasteiger partial charge in [-0.05, 0) is 30.7 Å². The van der Waals surface area contributed by atoms with Gasteiger partial charge in [0.15, 0.2) is 0 Å². The van der Waals surface area contributed by atoms with Crippen molar-refractivity contribution in [1.82, 2.24) is 0 Å². The Labute approximate surface area is 109 Å². The van der Waals surface area contributed by atoms with Gasteiger partial charge in [-0.2, -0.15) is 0 Å². The van der Waals surface area contributed by atoms with Gasteiger partial charge >= 0.3 is 5.97 Å². The summed E-state index contributed by atoms with van der Waals surface area (Å²) in [7, 11) is 1.41. The van der Waals surface area contributed by atoms with Crippen LogP contribution in [-0.2, 0) is 4.74 Å². The molecule has 0 bridgehead atoms. The van der Waals surface area contributed by atoms with E-state index in [2.05, 4.69) is 15.9 Å². The van der Waals surface area contributed by atoms with Crippen molar-refractivity contribution in [2.45, 2.75) is 17.7 Å². The molecule has 0 saturated carbocycles. The normalized spacial score (nSPS) is 10.1. The quantitative estimate of drug-likeness (QED) is 0.346. The van der Waals surface area contributed by atoms with E-state index in [0.717, 1.165) is 28.8 Å². The number of hydrogen-bond donors (Lipinski definition) is 0. The lowest BCUT2D eigenvalue weighted by atomic mass is 10.2. The fourth-order valence-electron chi connectivity index (χ4n) is 1.25. The van der Waals surface area contributed by atoms with E-state index in [1.807, 2.05) is 18.2 Å². The van der Waals surface area contributed by atoms with Gasteiger partial charge in [0.1, 0.15) is 0 Å². The molecule has 0 aromatic heterocycles.